The van der Waals surface area contributed by atoms with Crippen molar-refractivity contribution in [2.75, 3.05) is 20.1 Å². The molecule has 0 atom stereocenters. The summed E-state index contributed by atoms with van der Waals surface area (Å²) in [5.41, 5.74) is 3.28. The molecular formula is C26H41NOW. The predicted octanol–water partition coefficient (Wildman–Crippen LogP) is 7.00. The number of hydrogen-bond acceptors (Lipinski definition) is 2. The Kier molecular flexibility index (Phi) is 27.7. The van der Waals surface area contributed by atoms with Gasteiger partial charge in [-0.25, -0.2) is 0 Å². The molecule has 0 saturated carbocycles. The van der Waals surface area contributed by atoms with Crippen LogP contribution in [-0.4, -0.2) is 31.3 Å². The van der Waals surface area contributed by atoms with Crippen molar-refractivity contribution in [1.29, 1.82) is 0 Å². The minimum absolute atomic E-state index is 0. The molecule has 0 bridgehead atoms. The van der Waals surface area contributed by atoms with Gasteiger partial charge >= 0.3 is 21.1 Å². The Morgan fingerprint density at radius 2 is 1.31 bits per heavy atom. The van der Waals surface area contributed by atoms with E-state index in [-0.39, 0.29) is 21.1 Å². The zero-order valence-electron chi connectivity index (χ0n) is 19.6. The van der Waals surface area contributed by atoms with Crippen molar-refractivity contribution >= 4 is 6.29 Å². The minimum Gasteiger partial charge on any atom is -0.541 e. The van der Waals surface area contributed by atoms with Crippen LogP contribution >= 0.6 is 0 Å². The molecule has 0 unspecified atom stereocenters. The summed E-state index contributed by atoms with van der Waals surface area (Å²) in [6.07, 6.45) is 7.23. The monoisotopic (exact) mass is 567 g/mol. The first-order valence-corrected chi connectivity index (χ1v) is 10.8. The van der Waals surface area contributed by atoms with Crippen molar-refractivity contribution in [2.45, 2.75) is 60.8 Å². The van der Waals surface area contributed by atoms with Gasteiger partial charge < -0.3 is 16.1 Å². The molecule has 2 nitrogen and oxygen atoms in total. The second-order valence-corrected chi connectivity index (χ2v) is 5.51. The summed E-state index contributed by atoms with van der Waals surface area (Å²) < 4.78 is 0. The zero-order valence-corrected chi connectivity index (χ0v) is 22.5. The van der Waals surface area contributed by atoms with Crippen LogP contribution in [0.5, 0.6) is 0 Å². The van der Waals surface area contributed by atoms with Crippen LogP contribution in [0.3, 0.4) is 0 Å². The van der Waals surface area contributed by atoms with Gasteiger partial charge in [0.2, 0.25) is 0 Å². The first-order valence-electron chi connectivity index (χ1n) is 10.8. The number of rotatable bonds is 3. The fourth-order valence-corrected chi connectivity index (χ4v) is 2.53. The van der Waals surface area contributed by atoms with E-state index in [1.165, 1.54) is 25.9 Å². The van der Waals surface area contributed by atoms with Crippen LogP contribution in [0.2, 0.25) is 0 Å². The smallest absolute Gasteiger partial charge is 0.541 e. The second kappa shape index (κ2) is 24.8. The summed E-state index contributed by atoms with van der Waals surface area (Å²) in [5, 5.41) is 0. The van der Waals surface area contributed by atoms with E-state index in [0.29, 0.717) is 6.42 Å². The van der Waals surface area contributed by atoms with Crippen molar-refractivity contribution in [1.82, 2.24) is 4.90 Å². The SMILES string of the molecule is CC.CC.CC.CN1CC[CH-]CC1.O=[C-]Cc1ccccc1-c1ccccc1.[W+2]. The van der Waals surface area contributed by atoms with E-state index in [1.807, 2.05) is 102 Å². The van der Waals surface area contributed by atoms with Crippen LogP contribution in [0.15, 0.2) is 54.6 Å². The van der Waals surface area contributed by atoms with Crippen LogP contribution in [0.1, 0.15) is 59.9 Å². The largest absolute Gasteiger partial charge is 2.00 e. The van der Waals surface area contributed by atoms with Gasteiger partial charge in [0, 0.05) is 0 Å². The molecule has 0 aliphatic carbocycles. The number of likely N-dealkylation sites (tertiary alicyclic amines) is 1. The van der Waals surface area contributed by atoms with Crippen molar-refractivity contribution < 1.29 is 25.9 Å². The van der Waals surface area contributed by atoms with E-state index >= 15 is 0 Å². The molecule has 1 aliphatic rings. The Hall–Kier alpha value is -1.24. The van der Waals surface area contributed by atoms with E-state index < -0.39 is 0 Å². The fourth-order valence-electron chi connectivity index (χ4n) is 2.53. The van der Waals surface area contributed by atoms with Crippen molar-refractivity contribution in [3.63, 3.8) is 0 Å². The third-order valence-electron chi connectivity index (χ3n) is 3.79. The average Bonchev–Trinajstić information content (AvgIpc) is 2.80. The number of carbonyl (C=O) groups excluding carboxylic acids is 1. The Labute approximate surface area is 195 Å². The molecule has 3 rings (SSSR count). The molecule has 1 aliphatic heterocycles. The maximum Gasteiger partial charge on any atom is 2.00 e. The minimum atomic E-state index is 0. The van der Waals surface area contributed by atoms with E-state index in [1.54, 1.807) is 0 Å². The Morgan fingerprint density at radius 3 is 1.76 bits per heavy atom. The standard InChI is InChI=1S/C14H11O.C6H12N.3C2H6.W/c15-11-10-13-8-4-5-9-14(13)12-6-2-1-3-7-12;1-7-5-3-2-4-6-7;3*1-2;/h1-9H,10H2;2H,3-6H2,1H3;3*1-2H3;/q2*-1;;;;+2. The van der Waals surface area contributed by atoms with Crippen molar-refractivity contribution in [3.8, 4) is 11.1 Å². The van der Waals surface area contributed by atoms with Crippen LogP contribution in [-0.2, 0) is 32.3 Å². The molecular weight excluding hydrogens is 526 g/mol. The Morgan fingerprint density at radius 1 is 0.828 bits per heavy atom. The zero-order chi connectivity index (χ0) is 21.6. The van der Waals surface area contributed by atoms with Gasteiger partial charge in [0.15, 0.2) is 0 Å². The number of hydrogen-bond donors (Lipinski definition) is 0. The topological polar surface area (TPSA) is 20.3 Å². The van der Waals surface area contributed by atoms with Gasteiger partial charge in [-0.15, -0.1) is 6.42 Å². The van der Waals surface area contributed by atoms with E-state index in [4.69, 9.17) is 0 Å². The molecule has 0 spiro atoms. The molecule has 1 saturated heterocycles. The number of piperidine rings is 1. The van der Waals surface area contributed by atoms with Crippen molar-refractivity contribution in [3.05, 3.63) is 66.6 Å². The number of benzene rings is 2. The number of nitrogens with zero attached hydrogens (tertiary/aromatic N) is 1. The maximum absolute atomic E-state index is 10.4. The molecule has 2 aromatic rings. The molecule has 0 amide bonds. The average molecular weight is 567 g/mol. The van der Waals surface area contributed by atoms with Gasteiger partial charge in [0.25, 0.3) is 0 Å². The molecule has 1 heterocycles. The quantitative estimate of drug-likeness (QED) is 0.373. The molecule has 0 aromatic heterocycles. The summed E-state index contributed by atoms with van der Waals surface area (Å²) in [7, 11) is 2.17. The predicted molar refractivity (Wildman–Crippen MR) is 126 cm³/mol. The summed E-state index contributed by atoms with van der Waals surface area (Å²) in [6, 6.07) is 18.0. The van der Waals surface area contributed by atoms with Crippen LogP contribution < -0.4 is 0 Å². The molecule has 2 aromatic carbocycles. The molecule has 29 heavy (non-hydrogen) atoms. The van der Waals surface area contributed by atoms with E-state index in [0.717, 1.165) is 16.7 Å². The molecule has 162 valence electrons. The molecule has 1 fully saturated rings. The fraction of sp³-hybridized carbons (Fsp3) is 0.462. The first kappa shape index (κ1) is 32.4. The normalized spacial score (nSPS) is 11.8. The van der Waals surface area contributed by atoms with Gasteiger partial charge in [-0.1, -0.05) is 102 Å². The van der Waals surface area contributed by atoms with Crippen LogP contribution in [0, 0.1) is 6.42 Å². The second-order valence-electron chi connectivity index (χ2n) is 5.51. The molecule has 3 heteroatoms. The van der Waals surface area contributed by atoms with Crippen LogP contribution in [0.4, 0.5) is 0 Å². The molecule has 0 radical (unpaired) electrons. The van der Waals surface area contributed by atoms with Gasteiger partial charge in [-0.2, -0.15) is 12.8 Å². The van der Waals surface area contributed by atoms with Gasteiger partial charge in [-0.3, -0.25) is 6.29 Å². The van der Waals surface area contributed by atoms with Crippen LogP contribution in [0.25, 0.3) is 11.1 Å². The van der Waals surface area contributed by atoms with E-state index in [2.05, 4.69) is 18.4 Å². The summed E-state index contributed by atoms with van der Waals surface area (Å²) >= 11 is 0. The third-order valence-corrected chi connectivity index (χ3v) is 3.79. The third kappa shape index (κ3) is 15.3. The Balaban J connectivity index is -0.000000409. The Bertz CT molecular complexity index is 566. The summed E-state index contributed by atoms with van der Waals surface area (Å²) in [6.45, 7) is 14.5. The van der Waals surface area contributed by atoms with Gasteiger partial charge in [0.1, 0.15) is 0 Å². The van der Waals surface area contributed by atoms with Gasteiger partial charge in [0.05, 0.1) is 0 Å². The van der Waals surface area contributed by atoms with E-state index in [9.17, 15) is 4.79 Å². The van der Waals surface area contributed by atoms with Gasteiger partial charge in [-0.05, 0) is 31.3 Å². The maximum atomic E-state index is 10.4. The molecule has 0 N–H and O–H groups in total. The summed E-state index contributed by atoms with van der Waals surface area (Å²) in [5.74, 6) is 0. The summed E-state index contributed by atoms with van der Waals surface area (Å²) in [4.78, 5) is 12.8. The van der Waals surface area contributed by atoms with Crippen molar-refractivity contribution in [2.24, 2.45) is 0 Å². The first-order chi connectivity index (χ1) is 13.8.